The van der Waals surface area contributed by atoms with Crippen LogP contribution < -0.4 is 4.72 Å². The van der Waals surface area contributed by atoms with Crippen LogP contribution in [0.2, 0.25) is 0 Å². The second-order valence-corrected chi connectivity index (χ2v) is 5.47. The Kier molecular flexibility index (Phi) is 6.54. The van der Waals surface area contributed by atoms with Crippen LogP contribution in [0, 0.1) is 5.92 Å². The second-order valence-electron chi connectivity index (χ2n) is 3.72. The largest absolute Gasteiger partial charge is 0.465 e. The molecule has 0 aliphatic heterocycles. The SMILES string of the molecule is CCOC(=O)CS(=O)(=O)N[C@H](CO)C(C)C. The highest BCUT2D eigenvalue weighted by Crippen LogP contribution is 2.02. The third-order valence-electron chi connectivity index (χ3n) is 1.95. The maximum Gasteiger partial charge on any atom is 0.322 e. The summed E-state index contributed by atoms with van der Waals surface area (Å²) < 4.78 is 29.7. The third-order valence-corrected chi connectivity index (χ3v) is 3.22. The molecule has 6 nitrogen and oxygen atoms in total. The van der Waals surface area contributed by atoms with Gasteiger partial charge in [0.05, 0.1) is 13.2 Å². The van der Waals surface area contributed by atoms with Crippen molar-refractivity contribution < 1.29 is 23.1 Å². The molecule has 0 amide bonds. The first-order valence-corrected chi connectivity index (χ1v) is 6.74. The first-order valence-electron chi connectivity index (χ1n) is 5.08. The summed E-state index contributed by atoms with van der Waals surface area (Å²) in [4.78, 5) is 11.0. The highest BCUT2D eigenvalue weighted by molar-refractivity contribution is 7.90. The highest BCUT2D eigenvalue weighted by atomic mass is 32.2. The molecule has 0 aliphatic carbocycles. The average Bonchev–Trinajstić information content (AvgIpc) is 2.13. The number of sulfonamides is 1. The first-order chi connectivity index (χ1) is 7.32. The molecule has 0 aliphatic rings. The second kappa shape index (κ2) is 6.82. The van der Waals surface area contributed by atoms with Crippen LogP contribution in [0.4, 0.5) is 0 Å². The zero-order chi connectivity index (χ0) is 12.8. The van der Waals surface area contributed by atoms with Crippen LogP contribution in [0.3, 0.4) is 0 Å². The van der Waals surface area contributed by atoms with E-state index < -0.39 is 27.8 Å². The molecule has 0 aromatic carbocycles. The molecular weight excluding hydrogens is 234 g/mol. The van der Waals surface area contributed by atoms with E-state index in [4.69, 9.17) is 5.11 Å². The van der Waals surface area contributed by atoms with Crippen LogP contribution in [-0.2, 0) is 19.6 Å². The summed E-state index contributed by atoms with van der Waals surface area (Å²) in [7, 11) is -3.74. The van der Waals surface area contributed by atoms with Gasteiger partial charge < -0.3 is 9.84 Å². The Labute approximate surface area is 96.0 Å². The fourth-order valence-electron chi connectivity index (χ4n) is 1.01. The van der Waals surface area contributed by atoms with Gasteiger partial charge in [-0.15, -0.1) is 0 Å². The Bertz CT molecular complexity index is 312. The van der Waals surface area contributed by atoms with Gasteiger partial charge in [0.1, 0.15) is 0 Å². The summed E-state index contributed by atoms with van der Waals surface area (Å²) in [6.45, 7) is 4.98. The quantitative estimate of drug-likeness (QED) is 0.596. The predicted molar refractivity (Wildman–Crippen MR) is 59.3 cm³/mol. The van der Waals surface area contributed by atoms with Gasteiger partial charge >= 0.3 is 5.97 Å². The summed E-state index contributed by atoms with van der Waals surface area (Å²) in [6.07, 6.45) is 0. The molecule has 0 aromatic heterocycles. The number of aliphatic hydroxyl groups excluding tert-OH is 1. The molecule has 96 valence electrons. The molecule has 0 saturated carbocycles. The number of carbonyl (C=O) groups is 1. The highest BCUT2D eigenvalue weighted by Gasteiger charge is 2.23. The molecule has 2 N–H and O–H groups in total. The molecule has 7 heteroatoms. The van der Waals surface area contributed by atoms with Crippen LogP contribution in [0.25, 0.3) is 0 Å². The molecule has 0 fully saturated rings. The average molecular weight is 253 g/mol. The molecule has 16 heavy (non-hydrogen) atoms. The predicted octanol–water partition coefficient (Wildman–Crippen LogP) is -0.514. The van der Waals surface area contributed by atoms with Crippen molar-refractivity contribution in [1.29, 1.82) is 0 Å². The van der Waals surface area contributed by atoms with Gasteiger partial charge in [-0.2, -0.15) is 0 Å². The summed E-state index contributed by atoms with van der Waals surface area (Å²) in [5.41, 5.74) is 0. The Morgan fingerprint density at radius 2 is 2.00 bits per heavy atom. The molecule has 0 saturated heterocycles. The van der Waals surface area contributed by atoms with Crippen LogP contribution in [0.5, 0.6) is 0 Å². The van der Waals surface area contributed by atoms with Crippen LogP contribution in [0.15, 0.2) is 0 Å². The van der Waals surface area contributed by atoms with E-state index in [0.717, 1.165) is 0 Å². The zero-order valence-corrected chi connectivity index (χ0v) is 10.6. The van der Waals surface area contributed by atoms with Gasteiger partial charge in [0.15, 0.2) is 5.75 Å². The standard InChI is InChI=1S/C9H19NO5S/c1-4-15-9(12)6-16(13,14)10-8(5-11)7(2)3/h7-8,10-11H,4-6H2,1-3H3/t8-/m1/s1. The number of nitrogens with one attached hydrogen (secondary N) is 1. The van der Waals surface area contributed by atoms with Gasteiger partial charge in [0, 0.05) is 6.04 Å². The van der Waals surface area contributed by atoms with Gasteiger partial charge in [-0.25, -0.2) is 13.1 Å². The third kappa shape index (κ3) is 6.04. The number of hydrogen-bond donors (Lipinski definition) is 2. The minimum atomic E-state index is -3.74. The van der Waals surface area contributed by atoms with Crippen LogP contribution in [-0.4, -0.2) is 44.5 Å². The number of carbonyl (C=O) groups excluding carboxylic acids is 1. The van der Waals surface area contributed by atoms with E-state index in [-0.39, 0.29) is 19.1 Å². The van der Waals surface area contributed by atoms with Crippen LogP contribution >= 0.6 is 0 Å². The topological polar surface area (TPSA) is 92.7 Å². The van der Waals surface area contributed by atoms with Crippen molar-refractivity contribution in [1.82, 2.24) is 4.72 Å². The van der Waals surface area contributed by atoms with E-state index in [0.29, 0.717) is 0 Å². The molecule has 0 spiro atoms. The lowest BCUT2D eigenvalue weighted by Gasteiger charge is -2.19. The molecule has 1 atom stereocenters. The van der Waals surface area contributed by atoms with Crippen LogP contribution in [0.1, 0.15) is 20.8 Å². The molecule has 0 aromatic rings. The van der Waals surface area contributed by atoms with Gasteiger partial charge in [-0.3, -0.25) is 4.79 Å². The Balaban J connectivity index is 4.39. The molecule has 0 rings (SSSR count). The Hall–Kier alpha value is -0.660. The number of ether oxygens (including phenoxy) is 1. The van der Waals surface area contributed by atoms with E-state index >= 15 is 0 Å². The summed E-state index contributed by atoms with van der Waals surface area (Å²) in [5, 5.41) is 8.95. The first kappa shape index (κ1) is 15.3. The lowest BCUT2D eigenvalue weighted by atomic mass is 10.1. The van der Waals surface area contributed by atoms with Crippen molar-refractivity contribution in [2.75, 3.05) is 19.0 Å². The number of esters is 1. The van der Waals surface area contributed by atoms with Gasteiger partial charge in [-0.05, 0) is 12.8 Å². The van der Waals surface area contributed by atoms with E-state index in [1.807, 2.05) is 0 Å². The minimum Gasteiger partial charge on any atom is -0.465 e. The molecule has 0 heterocycles. The van der Waals surface area contributed by atoms with Crippen molar-refractivity contribution in [3.63, 3.8) is 0 Å². The fraction of sp³-hybridized carbons (Fsp3) is 0.889. The van der Waals surface area contributed by atoms with Gasteiger partial charge in [0.2, 0.25) is 10.0 Å². The van der Waals surface area contributed by atoms with Crippen molar-refractivity contribution >= 4 is 16.0 Å². The molecule has 0 unspecified atom stereocenters. The van der Waals surface area contributed by atoms with E-state index in [2.05, 4.69) is 9.46 Å². The smallest absolute Gasteiger partial charge is 0.322 e. The normalized spacial score (nSPS) is 13.8. The van der Waals surface area contributed by atoms with Gasteiger partial charge in [-0.1, -0.05) is 13.8 Å². The summed E-state index contributed by atoms with van der Waals surface area (Å²) in [5.74, 6) is -1.57. The van der Waals surface area contributed by atoms with E-state index in [9.17, 15) is 13.2 Å². The lowest BCUT2D eigenvalue weighted by molar-refractivity contribution is -0.139. The maximum absolute atomic E-state index is 11.5. The fourth-order valence-corrected chi connectivity index (χ4v) is 2.30. The van der Waals surface area contributed by atoms with E-state index in [1.54, 1.807) is 20.8 Å². The van der Waals surface area contributed by atoms with Crippen molar-refractivity contribution in [2.45, 2.75) is 26.8 Å². The summed E-state index contributed by atoms with van der Waals surface area (Å²) >= 11 is 0. The van der Waals surface area contributed by atoms with Crippen molar-refractivity contribution in [3.05, 3.63) is 0 Å². The Morgan fingerprint density at radius 1 is 1.44 bits per heavy atom. The lowest BCUT2D eigenvalue weighted by Crippen LogP contribution is -2.43. The Morgan fingerprint density at radius 3 is 2.38 bits per heavy atom. The molecular formula is C9H19NO5S. The monoisotopic (exact) mass is 253 g/mol. The zero-order valence-electron chi connectivity index (χ0n) is 9.76. The van der Waals surface area contributed by atoms with Gasteiger partial charge in [0.25, 0.3) is 0 Å². The van der Waals surface area contributed by atoms with Crippen molar-refractivity contribution in [2.24, 2.45) is 5.92 Å². The number of aliphatic hydroxyl groups is 1. The molecule has 0 bridgehead atoms. The maximum atomic E-state index is 11.5. The summed E-state index contributed by atoms with van der Waals surface area (Å²) in [6, 6.07) is -0.584. The number of rotatable bonds is 7. The molecule has 0 radical (unpaired) electrons. The van der Waals surface area contributed by atoms with Crippen molar-refractivity contribution in [3.8, 4) is 0 Å². The minimum absolute atomic E-state index is 0.0537. The van der Waals surface area contributed by atoms with E-state index in [1.165, 1.54) is 0 Å². The number of hydrogen-bond acceptors (Lipinski definition) is 5.